The second kappa shape index (κ2) is 7.98. The molecule has 0 aliphatic rings. The third-order valence-corrected chi connectivity index (χ3v) is 4.08. The highest BCUT2D eigenvalue weighted by Crippen LogP contribution is 2.14. The average molecular weight is 299 g/mol. The Morgan fingerprint density at radius 2 is 1.90 bits per heavy atom. The van der Waals surface area contributed by atoms with Gasteiger partial charge < -0.3 is 11.1 Å². The summed E-state index contributed by atoms with van der Waals surface area (Å²) >= 11 is 0. The summed E-state index contributed by atoms with van der Waals surface area (Å²) in [6.45, 7) is 2.76. The van der Waals surface area contributed by atoms with E-state index in [-0.39, 0.29) is 10.8 Å². The molecule has 1 amide bonds. The Bertz CT molecular complexity index is 526. The van der Waals surface area contributed by atoms with Gasteiger partial charge in [-0.2, -0.15) is 0 Å². The Morgan fingerprint density at radius 3 is 2.45 bits per heavy atom. The number of carbonyl (C=O) groups is 1. The molecule has 0 saturated carbocycles. The maximum absolute atomic E-state index is 11.9. The molecule has 1 aromatic carbocycles. The number of nitrogens with two attached hydrogens (primary N) is 1. The Balaban J connectivity index is 2.67. The average Bonchev–Trinajstić information content (AvgIpc) is 2.43. The SMILES string of the molecule is CCCNS(=O)(=O)c1ccc(NC(=O)CCCN)cc1. The summed E-state index contributed by atoms with van der Waals surface area (Å²) in [5, 5.41) is 2.69. The first kappa shape index (κ1) is 16.6. The largest absolute Gasteiger partial charge is 0.330 e. The van der Waals surface area contributed by atoms with Crippen molar-refractivity contribution in [3.8, 4) is 0 Å². The summed E-state index contributed by atoms with van der Waals surface area (Å²) in [6, 6.07) is 6.08. The number of amides is 1. The Labute approximate surface area is 119 Å². The second-order valence-electron chi connectivity index (χ2n) is 4.36. The zero-order chi connectivity index (χ0) is 15.0. The van der Waals surface area contributed by atoms with Crippen molar-refractivity contribution in [2.24, 2.45) is 5.73 Å². The van der Waals surface area contributed by atoms with Gasteiger partial charge >= 0.3 is 0 Å². The molecule has 4 N–H and O–H groups in total. The first-order valence-corrected chi connectivity index (χ1v) is 8.07. The third kappa shape index (κ3) is 5.28. The molecule has 0 aromatic heterocycles. The van der Waals surface area contributed by atoms with Crippen molar-refractivity contribution in [2.45, 2.75) is 31.1 Å². The molecule has 112 valence electrons. The van der Waals surface area contributed by atoms with Crippen molar-refractivity contribution in [1.82, 2.24) is 4.72 Å². The lowest BCUT2D eigenvalue weighted by Gasteiger charge is -2.08. The Hall–Kier alpha value is -1.44. The van der Waals surface area contributed by atoms with Gasteiger partial charge in [0.15, 0.2) is 0 Å². The number of anilines is 1. The van der Waals surface area contributed by atoms with Gasteiger partial charge in [0.1, 0.15) is 0 Å². The highest BCUT2D eigenvalue weighted by atomic mass is 32.2. The van der Waals surface area contributed by atoms with E-state index in [2.05, 4.69) is 10.0 Å². The van der Waals surface area contributed by atoms with Gasteiger partial charge in [-0.05, 0) is 43.7 Å². The molecule has 0 aliphatic carbocycles. The van der Waals surface area contributed by atoms with Crippen molar-refractivity contribution in [3.63, 3.8) is 0 Å². The zero-order valence-corrected chi connectivity index (χ0v) is 12.4. The van der Waals surface area contributed by atoms with Crippen LogP contribution in [0.1, 0.15) is 26.2 Å². The predicted octanol–water partition coefficient (Wildman–Crippen LogP) is 1.05. The Kier molecular flexibility index (Phi) is 6.63. The Morgan fingerprint density at radius 1 is 1.25 bits per heavy atom. The van der Waals surface area contributed by atoms with Crippen LogP contribution in [0.3, 0.4) is 0 Å². The van der Waals surface area contributed by atoms with Crippen molar-refractivity contribution >= 4 is 21.6 Å². The number of benzene rings is 1. The van der Waals surface area contributed by atoms with Gasteiger partial charge in [0.25, 0.3) is 0 Å². The highest BCUT2D eigenvalue weighted by Gasteiger charge is 2.12. The predicted molar refractivity (Wildman–Crippen MR) is 78.8 cm³/mol. The molecule has 0 saturated heterocycles. The highest BCUT2D eigenvalue weighted by molar-refractivity contribution is 7.89. The van der Waals surface area contributed by atoms with Crippen molar-refractivity contribution in [3.05, 3.63) is 24.3 Å². The summed E-state index contributed by atoms with van der Waals surface area (Å²) in [5.41, 5.74) is 5.89. The smallest absolute Gasteiger partial charge is 0.240 e. The van der Waals surface area contributed by atoms with E-state index in [1.165, 1.54) is 12.1 Å². The third-order valence-electron chi connectivity index (χ3n) is 2.60. The quantitative estimate of drug-likeness (QED) is 0.668. The van der Waals surface area contributed by atoms with Gasteiger partial charge in [0.05, 0.1) is 4.90 Å². The molecule has 7 heteroatoms. The molecular formula is C13H21N3O3S. The van der Waals surface area contributed by atoms with Gasteiger partial charge in [-0.1, -0.05) is 6.92 Å². The van der Waals surface area contributed by atoms with Crippen LogP contribution in [0.25, 0.3) is 0 Å². The first-order valence-electron chi connectivity index (χ1n) is 6.59. The topological polar surface area (TPSA) is 101 Å². The van der Waals surface area contributed by atoms with E-state index in [0.29, 0.717) is 31.6 Å². The standard InChI is InChI=1S/C13H21N3O3S/c1-2-10-15-20(18,19)12-7-5-11(6-8-12)16-13(17)4-3-9-14/h5-8,15H,2-4,9-10,14H2,1H3,(H,16,17). The lowest BCUT2D eigenvalue weighted by atomic mass is 10.2. The van der Waals surface area contributed by atoms with Crippen molar-refractivity contribution in [1.29, 1.82) is 0 Å². The molecule has 6 nitrogen and oxygen atoms in total. The molecule has 1 rings (SSSR count). The van der Waals surface area contributed by atoms with Crippen LogP contribution in [-0.4, -0.2) is 27.4 Å². The van der Waals surface area contributed by atoms with E-state index in [1.807, 2.05) is 6.92 Å². The first-order chi connectivity index (χ1) is 9.49. The molecule has 0 radical (unpaired) electrons. The van der Waals surface area contributed by atoms with Crippen LogP contribution in [0, 0.1) is 0 Å². The molecule has 0 heterocycles. The molecule has 0 aliphatic heterocycles. The summed E-state index contributed by atoms with van der Waals surface area (Å²) < 4.78 is 26.2. The maximum Gasteiger partial charge on any atom is 0.240 e. The summed E-state index contributed by atoms with van der Waals surface area (Å²) in [4.78, 5) is 11.7. The summed E-state index contributed by atoms with van der Waals surface area (Å²) in [5.74, 6) is -0.129. The van der Waals surface area contributed by atoms with Gasteiger partial charge in [0.2, 0.25) is 15.9 Å². The van der Waals surface area contributed by atoms with E-state index >= 15 is 0 Å². The fourth-order valence-corrected chi connectivity index (χ4v) is 2.66. The number of nitrogens with one attached hydrogen (secondary N) is 2. The number of hydrogen-bond acceptors (Lipinski definition) is 4. The summed E-state index contributed by atoms with van der Waals surface area (Å²) in [7, 11) is -3.46. The van der Waals surface area contributed by atoms with Crippen LogP contribution in [0.5, 0.6) is 0 Å². The van der Waals surface area contributed by atoms with Crippen LogP contribution < -0.4 is 15.8 Å². The molecule has 20 heavy (non-hydrogen) atoms. The maximum atomic E-state index is 11.9. The van der Waals surface area contributed by atoms with E-state index in [1.54, 1.807) is 12.1 Å². The normalized spacial score (nSPS) is 11.3. The van der Waals surface area contributed by atoms with Gasteiger partial charge in [-0.15, -0.1) is 0 Å². The number of rotatable bonds is 8. The van der Waals surface area contributed by atoms with Gasteiger partial charge in [-0.3, -0.25) is 4.79 Å². The number of sulfonamides is 1. The minimum Gasteiger partial charge on any atom is -0.330 e. The molecule has 0 spiro atoms. The van der Waals surface area contributed by atoms with Crippen LogP contribution in [0.2, 0.25) is 0 Å². The molecule has 0 bridgehead atoms. The summed E-state index contributed by atoms with van der Waals surface area (Å²) in [6.07, 6.45) is 1.71. The van der Waals surface area contributed by atoms with E-state index in [0.717, 1.165) is 6.42 Å². The minimum atomic E-state index is -3.46. The van der Waals surface area contributed by atoms with Gasteiger partial charge in [-0.25, -0.2) is 13.1 Å². The van der Waals surface area contributed by atoms with E-state index < -0.39 is 10.0 Å². The number of hydrogen-bond donors (Lipinski definition) is 3. The van der Waals surface area contributed by atoms with Gasteiger partial charge in [0, 0.05) is 18.7 Å². The second-order valence-corrected chi connectivity index (χ2v) is 6.13. The van der Waals surface area contributed by atoms with Crippen molar-refractivity contribution < 1.29 is 13.2 Å². The van der Waals surface area contributed by atoms with Crippen LogP contribution >= 0.6 is 0 Å². The van der Waals surface area contributed by atoms with Crippen LogP contribution in [-0.2, 0) is 14.8 Å². The van der Waals surface area contributed by atoms with Crippen molar-refractivity contribution in [2.75, 3.05) is 18.4 Å². The molecule has 0 atom stereocenters. The number of carbonyl (C=O) groups excluding carboxylic acids is 1. The zero-order valence-electron chi connectivity index (χ0n) is 11.6. The minimum absolute atomic E-state index is 0.129. The molecule has 0 fully saturated rings. The molecule has 1 aromatic rings. The lowest BCUT2D eigenvalue weighted by Crippen LogP contribution is -2.24. The van der Waals surface area contributed by atoms with E-state index in [9.17, 15) is 13.2 Å². The monoisotopic (exact) mass is 299 g/mol. The lowest BCUT2D eigenvalue weighted by molar-refractivity contribution is -0.116. The molecule has 0 unspecified atom stereocenters. The van der Waals surface area contributed by atoms with Crippen LogP contribution in [0.4, 0.5) is 5.69 Å². The van der Waals surface area contributed by atoms with Crippen LogP contribution in [0.15, 0.2) is 29.2 Å². The molecular weight excluding hydrogens is 278 g/mol. The fourth-order valence-electron chi connectivity index (χ4n) is 1.52. The van der Waals surface area contributed by atoms with E-state index in [4.69, 9.17) is 5.73 Å². The fraction of sp³-hybridized carbons (Fsp3) is 0.462.